The zero-order chi connectivity index (χ0) is 11.4. The first-order valence-corrected chi connectivity index (χ1v) is 5.36. The number of hydrogen-bond acceptors (Lipinski definition) is 2. The average molecular weight is 211 g/mol. The summed E-state index contributed by atoms with van der Waals surface area (Å²) in [4.78, 5) is 24.7. The van der Waals surface area contributed by atoms with Gasteiger partial charge in [-0.1, -0.05) is 20.8 Å². The van der Waals surface area contributed by atoms with E-state index in [9.17, 15) is 9.59 Å². The second-order valence-electron chi connectivity index (χ2n) is 5.65. The molecule has 0 unspecified atom stereocenters. The molecule has 1 heterocycles. The maximum atomic E-state index is 12.0. The van der Waals surface area contributed by atoms with Gasteiger partial charge in [-0.15, -0.1) is 0 Å². The Morgan fingerprint density at radius 2 is 1.93 bits per heavy atom. The van der Waals surface area contributed by atoms with Crippen molar-refractivity contribution in [3.63, 3.8) is 0 Å². The molecule has 2 rings (SSSR count). The first kappa shape index (κ1) is 10.5. The summed E-state index contributed by atoms with van der Waals surface area (Å²) >= 11 is 0. The molecule has 2 fully saturated rings. The van der Waals surface area contributed by atoms with Crippen LogP contribution in [0.25, 0.3) is 0 Å². The molecule has 0 aromatic heterocycles. The Bertz CT molecular complexity index is 318. The molecule has 1 aliphatic heterocycles. The summed E-state index contributed by atoms with van der Waals surface area (Å²) < 4.78 is 0. The van der Waals surface area contributed by atoms with Gasteiger partial charge in [-0.05, 0) is 18.3 Å². The van der Waals surface area contributed by atoms with Gasteiger partial charge in [-0.3, -0.25) is 4.79 Å². The highest BCUT2D eigenvalue weighted by atomic mass is 16.4. The highest BCUT2D eigenvalue weighted by Crippen LogP contribution is 2.50. The summed E-state index contributed by atoms with van der Waals surface area (Å²) in [6.07, 6.45) is 0.977. The van der Waals surface area contributed by atoms with Crippen LogP contribution in [0.2, 0.25) is 0 Å². The molecule has 1 amide bonds. The minimum absolute atomic E-state index is 0.0397. The van der Waals surface area contributed by atoms with Gasteiger partial charge in [0.2, 0.25) is 5.91 Å². The second-order valence-corrected chi connectivity index (χ2v) is 5.65. The van der Waals surface area contributed by atoms with E-state index in [1.807, 2.05) is 20.8 Å². The fourth-order valence-corrected chi connectivity index (χ4v) is 2.42. The van der Waals surface area contributed by atoms with Crippen LogP contribution in [0.4, 0.5) is 0 Å². The number of carboxylic acids is 1. The Kier molecular flexibility index (Phi) is 2.07. The normalized spacial score (nSPS) is 33.8. The van der Waals surface area contributed by atoms with Crippen molar-refractivity contribution >= 4 is 11.9 Å². The lowest BCUT2D eigenvalue weighted by atomic mass is 9.94. The van der Waals surface area contributed by atoms with Gasteiger partial charge in [0.25, 0.3) is 0 Å². The number of carboxylic acid groups (broad SMARTS) is 1. The molecule has 0 radical (unpaired) electrons. The Hall–Kier alpha value is -1.06. The van der Waals surface area contributed by atoms with Crippen LogP contribution in [0.3, 0.4) is 0 Å². The number of piperidine rings is 1. The summed E-state index contributed by atoms with van der Waals surface area (Å²) in [5.74, 6) is -0.231. The van der Waals surface area contributed by atoms with E-state index in [1.54, 1.807) is 4.90 Å². The Balaban J connectivity index is 2.16. The molecule has 0 bridgehead atoms. The van der Waals surface area contributed by atoms with Crippen molar-refractivity contribution in [3.05, 3.63) is 0 Å². The van der Waals surface area contributed by atoms with Crippen LogP contribution in [0.1, 0.15) is 27.2 Å². The molecular formula is C11H17NO3. The zero-order valence-corrected chi connectivity index (χ0v) is 9.36. The van der Waals surface area contributed by atoms with E-state index >= 15 is 0 Å². The number of likely N-dealkylation sites (tertiary alicyclic amines) is 1. The molecule has 0 aromatic carbocycles. The van der Waals surface area contributed by atoms with Gasteiger partial charge in [0.1, 0.15) is 6.04 Å². The first-order valence-electron chi connectivity index (χ1n) is 5.36. The van der Waals surface area contributed by atoms with Crippen molar-refractivity contribution in [2.24, 2.45) is 17.3 Å². The lowest BCUT2D eigenvalue weighted by Crippen LogP contribution is -2.47. The largest absolute Gasteiger partial charge is 0.480 e. The molecular weight excluding hydrogens is 194 g/mol. The maximum Gasteiger partial charge on any atom is 0.326 e. The number of aliphatic carboxylic acids is 1. The van der Waals surface area contributed by atoms with Gasteiger partial charge in [0, 0.05) is 12.0 Å². The fourth-order valence-electron chi connectivity index (χ4n) is 2.42. The van der Waals surface area contributed by atoms with Crippen molar-refractivity contribution in [2.75, 3.05) is 6.54 Å². The summed E-state index contributed by atoms with van der Waals surface area (Å²) in [6.45, 7) is 6.13. The number of rotatable bonds is 1. The SMILES string of the molecule is CC(C)(C)C(=O)N1C[C@H]2C[C@H]2[C@H]1C(=O)O. The van der Waals surface area contributed by atoms with Crippen LogP contribution in [0.5, 0.6) is 0 Å². The number of fused-ring (bicyclic) bond motifs is 1. The first-order chi connectivity index (χ1) is 6.82. The van der Waals surface area contributed by atoms with E-state index in [0.717, 1.165) is 6.42 Å². The molecule has 1 saturated heterocycles. The smallest absolute Gasteiger partial charge is 0.326 e. The van der Waals surface area contributed by atoms with Crippen molar-refractivity contribution in [2.45, 2.75) is 33.2 Å². The number of hydrogen-bond donors (Lipinski definition) is 1. The molecule has 4 nitrogen and oxygen atoms in total. The molecule has 2 aliphatic rings. The average Bonchev–Trinajstić information content (AvgIpc) is 2.73. The molecule has 1 aliphatic carbocycles. The van der Waals surface area contributed by atoms with Gasteiger partial charge in [0.05, 0.1) is 0 Å². The third kappa shape index (κ3) is 1.62. The Morgan fingerprint density at radius 1 is 1.33 bits per heavy atom. The standard InChI is InChI=1S/C11H17NO3/c1-11(2,3)10(15)12-5-6-4-7(6)8(12)9(13)14/h6-8H,4-5H2,1-3H3,(H,13,14)/t6-,7-,8+/m1/s1. The highest BCUT2D eigenvalue weighted by molar-refractivity contribution is 5.88. The molecule has 0 aromatic rings. The molecule has 3 atom stereocenters. The molecule has 4 heteroatoms. The van der Waals surface area contributed by atoms with Crippen molar-refractivity contribution < 1.29 is 14.7 Å². The predicted molar refractivity (Wildman–Crippen MR) is 54.2 cm³/mol. The summed E-state index contributed by atoms with van der Waals surface area (Å²) in [5.41, 5.74) is -0.482. The summed E-state index contributed by atoms with van der Waals surface area (Å²) in [6, 6.07) is -0.568. The van der Waals surface area contributed by atoms with Gasteiger partial charge < -0.3 is 10.0 Å². The number of amides is 1. The predicted octanol–water partition coefficient (Wildman–Crippen LogP) is 0.964. The zero-order valence-electron chi connectivity index (χ0n) is 9.36. The number of nitrogens with zero attached hydrogens (tertiary/aromatic N) is 1. The van der Waals surface area contributed by atoms with Crippen LogP contribution in [-0.4, -0.2) is 34.5 Å². The Morgan fingerprint density at radius 3 is 2.40 bits per heavy atom. The molecule has 15 heavy (non-hydrogen) atoms. The van der Waals surface area contributed by atoms with Crippen LogP contribution in [0.15, 0.2) is 0 Å². The second kappa shape index (κ2) is 2.97. The third-order valence-electron chi connectivity index (χ3n) is 3.31. The molecule has 84 valence electrons. The van der Waals surface area contributed by atoms with Crippen molar-refractivity contribution in [1.82, 2.24) is 4.90 Å². The van der Waals surface area contributed by atoms with Gasteiger partial charge in [-0.2, -0.15) is 0 Å². The maximum absolute atomic E-state index is 12.0. The van der Waals surface area contributed by atoms with Gasteiger partial charge in [0.15, 0.2) is 0 Å². The number of carbonyl (C=O) groups is 2. The van der Waals surface area contributed by atoms with Crippen LogP contribution in [-0.2, 0) is 9.59 Å². The van der Waals surface area contributed by atoms with Crippen molar-refractivity contribution in [1.29, 1.82) is 0 Å². The highest BCUT2D eigenvalue weighted by Gasteiger charge is 2.57. The van der Waals surface area contributed by atoms with E-state index in [1.165, 1.54) is 0 Å². The minimum Gasteiger partial charge on any atom is -0.480 e. The minimum atomic E-state index is -0.849. The fraction of sp³-hybridized carbons (Fsp3) is 0.818. The van der Waals surface area contributed by atoms with Crippen LogP contribution >= 0.6 is 0 Å². The topological polar surface area (TPSA) is 57.6 Å². The van der Waals surface area contributed by atoms with E-state index < -0.39 is 17.4 Å². The lowest BCUT2D eigenvalue weighted by molar-refractivity contribution is -0.153. The molecule has 1 N–H and O–H groups in total. The van der Waals surface area contributed by atoms with E-state index in [-0.39, 0.29) is 11.8 Å². The van der Waals surface area contributed by atoms with Crippen LogP contribution < -0.4 is 0 Å². The lowest BCUT2D eigenvalue weighted by Gasteiger charge is -2.30. The van der Waals surface area contributed by atoms with Gasteiger partial charge >= 0.3 is 5.97 Å². The monoisotopic (exact) mass is 211 g/mol. The quantitative estimate of drug-likeness (QED) is 0.703. The van der Waals surface area contributed by atoms with E-state index in [4.69, 9.17) is 5.11 Å². The third-order valence-corrected chi connectivity index (χ3v) is 3.31. The molecule has 1 saturated carbocycles. The summed E-state index contributed by atoms with van der Waals surface area (Å²) in [7, 11) is 0. The van der Waals surface area contributed by atoms with Crippen LogP contribution in [0, 0.1) is 17.3 Å². The molecule has 0 spiro atoms. The van der Waals surface area contributed by atoms with Crippen molar-refractivity contribution in [3.8, 4) is 0 Å². The Labute approximate surface area is 89.3 Å². The van der Waals surface area contributed by atoms with E-state index in [2.05, 4.69) is 0 Å². The summed E-state index contributed by atoms with van der Waals surface area (Å²) in [5, 5.41) is 9.10. The van der Waals surface area contributed by atoms with E-state index in [0.29, 0.717) is 12.5 Å². The number of carbonyl (C=O) groups excluding carboxylic acids is 1. The van der Waals surface area contributed by atoms with Gasteiger partial charge in [-0.25, -0.2) is 4.79 Å².